The zero-order valence-corrected chi connectivity index (χ0v) is 24.3. The highest BCUT2D eigenvalue weighted by molar-refractivity contribution is 6.10. The van der Waals surface area contributed by atoms with Crippen molar-refractivity contribution in [1.82, 2.24) is 9.55 Å². The Hall–Kier alpha value is -6.13. The molecular formula is C41H27N3O. The van der Waals surface area contributed by atoms with E-state index < -0.39 is 0 Å². The molecule has 9 rings (SSSR count). The molecule has 0 unspecified atom stereocenters. The molecule has 4 nitrogen and oxygen atoms in total. The summed E-state index contributed by atoms with van der Waals surface area (Å²) in [5, 5.41) is 4.62. The van der Waals surface area contributed by atoms with Crippen molar-refractivity contribution in [3.63, 3.8) is 0 Å². The molecular weight excluding hydrogens is 550 g/mol. The molecule has 0 atom stereocenters. The first kappa shape index (κ1) is 25.4. The molecule has 0 spiro atoms. The predicted octanol–water partition coefficient (Wildman–Crippen LogP) is 11.2. The Bertz CT molecular complexity index is 2490. The molecule has 7 aromatic carbocycles. The summed E-state index contributed by atoms with van der Waals surface area (Å²) in [7, 11) is 0. The van der Waals surface area contributed by atoms with Crippen molar-refractivity contribution in [3.8, 4) is 16.8 Å². The van der Waals surface area contributed by atoms with Gasteiger partial charge in [0.2, 0.25) is 0 Å². The minimum absolute atomic E-state index is 0.522. The number of oxazole rings is 1. The predicted molar refractivity (Wildman–Crippen MR) is 186 cm³/mol. The first-order chi connectivity index (χ1) is 22.3. The SMILES string of the molecule is c1ccc(-c2cccc(N(c3ccc4c5ccccc5n(-c5ccccc5)c4c3)c3nc4c(ccc5ccccc54)o3)c2)cc1. The van der Waals surface area contributed by atoms with Crippen molar-refractivity contribution < 1.29 is 4.42 Å². The van der Waals surface area contributed by atoms with Gasteiger partial charge in [0.05, 0.1) is 22.4 Å². The summed E-state index contributed by atoms with van der Waals surface area (Å²) in [5.74, 6) is 0. The maximum absolute atomic E-state index is 6.59. The minimum Gasteiger partial charge on any atom is -0.423 e. The standard InChI is InChI=1S/C41H27N3O/c1-3-12-28(13-4-1)30-15-11-18-32(26-30)43(41-42-40-34-19-8-7-14-29(34)22-25-39(40)45-41)33-23-24-36-35-20-9-10-21-37(35)44(38(36)27-33)31-16-5-2-6-17-31/h1-27H. The van der Waals surface area contributed by atoms with Crippen LogP contribution in [0.3, 0.4) is 0 Å². The highest BCUT2D eigenvalue weighted by Gasteiger charge is 2.22. The van der Waals surface area contributed by atoms with Crippen LogP contribution in [0.25, 0.3) is 60.5 Å². The molecule has 0 saturated heterocycles. The number of fused-ring (bicyclic) bond motifs is 6. The average Bonchev–Trinajstić information content (AvgIpc) is 3.69. The molecule has 0 aliphatic rings. The fourth-order valence-corrected chi connectivity index (χ4v) is 6.52. The van der Waals surface area contributed by atoms with Crippen LogP contribution < -0.4 is 4.90 Å². The summed E-state index contributed by atoms with van der Waals surface area (Å²) in [4.78, 5) is 7.28. The van der Waals surface area contributed by atoms with Crippen molar-refractivity contribution in [3.05, 3.63) is 164 Å². The average molecular weight is 578 g/mol. The van der Waals surface area contributed by atoms with Gasteiger partial charge in [-0.3, -0.25) is 4.90 Å². The summed E-state index contributed by atoms with van der Waals surface area (Å²) < 4.78 is 8.93. The number of hydrogen-bond acceptors (Lipinski definition) is 3. The van der Waals surface area contributed by atoms with Crippen molar-refractivity contribution in [2.45, 2.75) is 0 Å². The van der Waals surface area contributed by atoms with Crippen LogP contribution in [0.15, 0.2) is 168 Å². The van der Waals surface area contributed by atoms with E-state index in [1.54, 1.807) is 0 Å². The smallest absolute Gasteiger partial charge is 0.307 e. The van der Waals surface area contributed by atoms with E-state index in [2.05, 4.69) is 155 Å². The van der Waals surface area contributed by atoms with Crippen molar-refractivity contribution in [2.75, 3.05) is 4.90 Å². The van der Waals surface area contributed by atoms with Crippen molar-refractivity contribution in [2.24, 2.45) is 0 Å². The first-order valence-corrected chi connectivity index (χ1v) is 15.1. The van der Waals surface area contributed by atoms with Gasteiger partial charge in [-0.2, -0.15) is 4.98 Å². The first-order valence-electron chi connectivity index (χ1n) is 15.1. The number of para-hydroxylation sites is 2. The van der Waals surface area contributed by atoms with Gasteiger partial charge < -0.3 is 8.98 Å². The summed E-state index contributed by atoms with van der Waals surface area (Å²) in [6.45, 7) is 0. The van der Waals surface area contributed by atoms with E-state index in [1.807, 2.05) is 18.2 Å². The van der Waals surface area contributed by atoms with Crippen molar-refractivity contribution in [1.29, 1.82) is 0 Å². The van der Waals surface area contributed by atoms with E-state index in [4.69, 9.17) is 9.40 Å². The summed E-state index contributed by atoms with van der Waals surface area (Å²) in [5.41, 5.74) is 9.22. The number of benzene rings is 7. The van der Waals surface area contributed by atoms with Crippen LogP contribution in [0.1, 0.15) is 0 Å². The fourth-order valence-electron chi connectivity index (χ4n) is 6.52. The maximum Gasteiger partial charge on any atom is 0.307 e. The van der Waals surface area contributed by atoms with E-state index in [9.17, 15) is 0 Å². The molecule has 0 aliphatic carbocycles. The number of nitrogens with zero attached hydrogens (tertiary/aromatic N) is 3. The molecule has 0 amide bonds. The third kappa shape index (κ3) is 4.19. The third-order valence-corrected chi connectivity index (χ3v) is 8.60. The van der Waals surface area contributed by atoms with Gasteiger partial charge in [0.25, 0.3) is 0 Å². The Morgan fingerprint density at radius 2 is 1.18 bits per heavy atom. The molecule has 0 bridgehead atoms. The lowest BCUT2D eigenvalue weighted by molar-refractivity contribution is 0.608. The molecule has 0 aliphatic heterocycles. The van der Waals surface area contributed by atoms with Gasteiger partial charge in [-0.25, -0.2) is 0 Å². The van der Waals surface area contributed by atoms with E-state index >= 15 is 0 Å². The van der Waals surface area contributed by atoms with Crippen LogP contribution in [0.4, 0.5) is 17.4 Å². The Balaban J connectivity index is 1.31. The van der Waals surface area contributed by atoms with Gasteiger partial charge in [-0.1, -0.05) is 115 Å². The van der Waals surface area contributed by atoms with Gasteiger partial charge in [-0.15, -0.1) is 0 Å². The molecule has 45 heavy (non-hydrogen) atoms. The van der Waals surface area contributed by atoms with Gasteiger partial charge >= 0.3 is 6.01 Å². The lowest BCUT2D eigenvalue weighted by Crippen LogP contribution is -2.10. The summed E-state index contributed by atoms with van der Waals surface area (Å²) >= 11 is 0. The molecule has 0 saturated carbocycles. The normalized spacial score (nSPS) is 11.6. The zero-order valence-electron chi connectivity index (χ0n) is 24.3. The van der Waals surface area contributed by atoms with Crippen LogP contribution in [0, 0.1) is 0 Å². The van der Waals surface area contributed by atoms with Gasteiger partial charge in [0, 0.05) is 21.8 Å². The van der Waals surface area contributed by atoms with E-state index in [0.717, 1.165) is 55.6 Å². The van der Waals surface area contributed by atoms with Crippen LogP contribution >= 0.6 is 0 Å². The second kappa shape index (κ2) is 10.2. The quantitative estimate of drug-likeness (QED) is 0.204. The second-order valence-corrected chi connectivity index (χ2v) is 11.3. The van der Waals surface area contributed by atoms with Crippen molar-refractivity contribution >= 4 is 61.1 Å². The Morgan fingerprint density at radius 3 is 2.04 bits per heavy atom. The number of aromatic nitrogens is 2. The Kier molecular flexibility index (Phi) is 5.78. The molecule has 0 N–H and O–H groups in total. The summed E-state index contributed by atoms with van der Waals surface area (Å²) in [6.07, 6.45) is 0. The zero-order chi connectivity index (χ0) is 29.7. The second-order valence-electron chi connectivity index (χ2n) is 11.3. The van der Waals surface area contributed by atoms with Gasteiger partial charge in [0.1, 0.15) is 5.52 Å². The largest absolute Gasteiger partial charge is 0.423 e. The number of hydrogen-bond donors (Lipinski definition) is 0. The van der Waals surface area contributed by atoms with Crippen LogP contribution in [-0.4, -0.2) is 9.55 Å². The van der Waals surface area contributed by atoms with Crippen LogP contribution in [-0.2, 0) is 0 Å². The minimum atomic E-state index is 0.522. The van der Waals surface area contributed by atoms with E-state index in [-0.39, 0.29) is 0 Å². The monoisotopic (exact) mass is 577 g/mol. The molecule has 2 aromatic heterocycles. The molecule has 0 fully saturated rings. The van der Waals surface area contributed by atoms with Gasteiger partial charge in [-0.05, 0) is 65.0 Å². The lowest BCUT2D eigenvalue weighted by atomic mass is 10.0. The molecule has 9 aromatic rings. The Morgan fingerprint density at radius 1 is 0.489 bits per heavy atom. The highest BCUT2D eigenvalue weighted by atomic mass is 16.4. The number of anilines is 3. The molecule has 4 heteroatoms. The lowest BCUT2D eigenvalue weighted by Gasteiger charge is -2.22. The summed E-state index contributed by atoms with van der Waals surface area (Å²) in [6, 6.07) is 57.8. The van der Waals surface area contributed by atoms with Crippen LogP contribution in [0.5, 0.6) is 0 Å². The Labute approximate surface area is 260 Å². The van der Waals surface area contributed by atoms with Crippen LogP contribution in [0.2, 0.25) is 0 Å². The molecule has 212 valence electrons. The molecule has 2 heterocycles. The maximum atomic E-state index is 6.59. The third-order valence-electron chi connectivity index (χ3n) is 8.60. The highest BCUT2D eigenvalue weighted by Crippen LogP contribution is 2.41. The number of rotatable bonds is 5. The van der Waals surface area contributed by atoms with E-state index in [0.29, 0.717) is 6.01 Å². The van der Waals surface area contributed by atoms with Gasteiger partial charge in [0.15, 0.2) is 5.58 Å². The fraction of sp³-hybridized carbons (Fsp3) is 0. The van der Waals surface area contributed by atoms with E-state index in [1.165, 1.54) is 16.3 Å². The topological polar surface area (TPSA) is 34.2 Å². The molecule has 0 radical (unpaired) electrons.